The Hall–Kier alpha value is -1.48. The maximum Gasteiger partial charge on any atom is 0.134 e. The van der Waals surface area contributed by atoms with Crippen LogP contribution in [0.2, 0.25) is 0 Å². The van der Waals surface area contributed by atoms with Crippen LogP contribution in [0, 0.1) is 0 Å². The SMILES string of the molecule is CCCNCc1oc2ccc(OCC)cc2c1CC. The molecule has 1 heterocycles. The highest BCUT2D eigenvalue weighted by molar-refractivity contribution is 5.83. The summed E-state index contributed by atoms with van der Waals surface area (Å²) in [5.41, 5.74) is 2.24. The van der Waals surface area contributed by atoms with E-state index in [1.807, 2.05) is 19.1 Å². The molecule has 3 nitrogen and oxygen atoms in total. The van der Waals surface area contributed by atoms with Crippen LogP contribution in [0.15, 0.2) is 22.6 Å². The van der Waals surface area contributed by atoms with E-state index in [-0.39, 0.29) is 0 Å². The molecule has 104 valence electrons. The molecule has 0 fully saturated rings. The van der Waals surface area contributed by atoms with E-state index >= 15 is 0 Å². The minimum atomic E-state index is 0.690. The van der Waals surface area contributed by atoms with Crippen molar-refractivity contribution in [2.75, 3.05) is 13.2 Å². The predicted molar refractivity (Wildman–Crippen MR) is 78.8 cm³/mol. The highest BCUT2D eigenvalue weighted by Crippen LogP contribution is 2.29. The summed E-state index contributed by atoms with van der Waals surface area (Å²) < 4.78 is 11.5. The molecular weight excluding hydrogens is 238 g/mol. The fourth-order valence-electron chi connectivity index (χ4n) is 2.34. The normalized spacial score (nSPS) is 11.1. The Morgan fingerprint density at radius 1 is 1.21 bits per heavy atom. The second-order valence-corrected chi connectivity index (χ2v) is 4.63. The maximum atomic E-state index is 5.95. The van der Waals surface area contributed by atoms with Gasteiger partial charge in [-0.05, 0) is 44.5 Å². The molecule has 0 aliphatic heterocycles. The van der Waals surface area contributed by atoms with Crippen molar-refractivity contribution in [2.24, 2.45) is 0 Å². The minimum Gasteiger partial charge on any atom is -0.494 e. The Kier molecular flexibility index (Phi) is 4.86. The van der Waals surface area contributed by atoms with Crippen molar-refractivity contribution in [1.29, 1.82) is 0 Å². The number of aryl methyl sites for hydroxylation is 1. The summed E-state index contributed by atoms with van der Waals surface area (Å²) in [5.74, 6) is 1.97. The minimum absolute atomic E-state index is 0.690. The molecule has 1 aromatic heterocycles. The molecule has 19 heavy (non-hydrogen) atoms. The first-order valence-corrected chi connectivity index (χ1v) is 7.17. The van der Waals surface area contributed by atoms with Crippen LogP contribution in [-0.2, 0) is 13.0 Å². The van der Waals surface area contributed by atoms with Crippen LogP contribution in [0.5, 0.6) is 5.75 Å². The van der Waals surface area contributed by atoms with E-state index < -0.39 is 0 Å². The lowest BCUT2D eigenvalue weighted by Gasteiger charge is -2.03. The summed E-state index contributed by atoms with van der Waals surface area (Å²) in [5, 5.41) is 4.58. The molecule has 2 rings (SSSR count). The third-order valence-electron chi connectivity index (χ3n) is 3.22. The van der Waals surface area contributed by atoms with E-state index in [4.69, 9.17) is 9.15 Å². The lowest BCUT2D eigenvalue weighted by molar-refractivity contribution is 0.340. The summed E-state index contributed by atoms with van der Waals surface area (Å²) in [7, 11) is 0. The molecule has 0 unspecified atom stereocenters. The van der Waals surface area contributed by atoms with E-state index in [9.17, 15) is 0 Å². The van der Waals surface area contributed by atoms with Gasteiger partial charge in [-0.3, -0.25) is 0 Å². The third-order valence-corrected chi connectivity index (χ3v) is 3.22. The average molecular weight is 261 g/mol. The van der Waals surface area contributed by atoms with Crippen LogP contribution >= 0.6 is 0 Å². The monoisotopic (exact) mass is 261 g/mol. The lowest BCUT2D eigenvalue weighted by Crippen LogP contribution is -2.14. The Morgan fingerprint density at radius 2 is 2.05 bits per heavy atom. The van der Waals surface area contributed by atoms with E-state index in [0.717, 1.165) is 43.0 Å². The molecule has 0 spiro atoms. The molecule has 1 N–H and O–H groups in total. The Morgan fingerprint density at radius 3 is 2.74 bits per heavy atom. The molecule has 0 amide bonds. The van der Waals surface area contributed by atoms with Crippen molar-refractivity contribution in [1.82, 2.24) is 5.32 Å². The Bertz CT molecular complexity index is 531. The van der Waals surface area contributed by atoms with Gasteiger partial charge in [0.05, 0.1) is 13.2 Å². The number of hydrogen-bond donors (Lipinski definition) is 1. The maximum absolute atomic E-state index is 5.95. The van der Waals surface area contributed by atoms with Gasteiger partial charge in [0.25, 0.3) is 0 Å². The topological polar surface area (TPSA) is 34.4 Å². The van der Waals surface area contributed by atoms with Crippen molar-refractivity contribution in [3.05, 3.63) is 29.5 Å². The molecule has 2 aromatic rings. The summed E-state index contributed by atoms with van der Waals surface area (Å²) >= 11 is 0. The molecular formula is C16H23NO2. The van der Waals surface area contributed by atoms with Gasteiger partial charge in [0, 0.05) is 10.9 Å². The van der Waals surface area contributed by atoms with Crippen LogP contribution in [-0.4, -0.2) is 13.2 Å². The molecule has 0 atom stereocenters. The first-order valence-electron chi connectivity index (χ1n) is 7.17. The van der Waals surface area contributed by atoms with Gasteiger partial charge in [0.1, 0.15) is 17.1 Å². The zero-order valence-electron chi connectivity index (χ0n) is 12.1. The summed E-state index contributed by atoms with van der Waals surface area (Å²) in [6.07, 6.45) is 2.11. The van der Waals surface area contributed by atoms with Gasteiger partial charge in [0.15, 0.2) is 0 Å². The zero-order chi connectivity index (χ0) is 13.7. The van der Waals surface area contributed by atoms with E-state index in [0.29, 0.717) is 6.61 Å². The zero-order valence-corrected chi connectivity index (χ0v) is 12.1. The predicted octanol–water partition coefficient (Wildman–Crippen LogP) is 3.89. The van der Waals surface area contributed by atoms with Crippen LogP contribution < -0.4 is 10.1 Å². The highest BCUT2D eigenvalue weighted by Gasteiger charge is 2.13. The number of benzene rings is 1. The van der Waals surface area contributed by atoms with Gasteiger partial charge in [0.2, 0.25) is 0 Å². The van der Waals surface area contributed by atoms with Crippen LogP contribution in [0.25, 0.3) is 11.0 Å². The first kappa shape index (κ1) is 13.9. The van der Waals surface area contributed by atoms with Crippen molar-refractivity contribution in [3.63, 3.8) is 0 Å². The van der Waals surface area contributed by atoms with Crippen LogP contribution in [0.3, 0.4) is 0 Å². The number of furan rings is 1. The van der Waals surface area contributed by atoms with E-state index in [1.54, 1.807) is 0 Å². The molecule has 1 aromatic carbocycles. The number of ether oxygens (including phenoxy) is 1. The highest BCUT2D eigenvalue weighted by atomic mass is 16.5. The Balaban J connectivity index is 2.31. The van der Waals surface area contributed by atoms with Crippen molar-refractivity contribution in [2.45, 2.75) is 40.2 Å². The van der Waals surface area contributed by atoms with E-state index in [1.165, 1.54) is 10.9 Å². The number of nitrogens with one attached hydrogen (secondary N) is 1. The fourth-order valence-corrected chi connectivity index (χ4v) is 2.34. The van der Waals surface area contributed by atoms with Crippen molar-refractivity contribution < 1.29 is 9.15 Å². The molecule has 0 radical (unpaired) electrons. The van der Waals surface area contributed by atoms with Gasteiger partial charge in [-0.1, -0.05) is 13.8 Å². The standard InChI is InChI=1S/C16H23NO2/c1-4-9-17-11-16-13(5-2)14-10-12(18-6-3)7-8-15(14)19-16/h7-8,10,17H,4-6,9,11H2,1-3H3. The second-order valence-electron chi connectivity index (χ2n) is 4.63. The van der Waals surface area contributed by atoms with Gasteiger partial charge >= 0.3 is 0 Å². The number of hydrogen-bond acceptors (Lipinski definition) is 3. The number of fused-ring (bicyclic) bond motifs is 1. The molecule has 0 aliphatic rings. The second kappa shape index (κ2) is 6.62. The van der Waals surface area contributed by atoms with Crippen LogP contribution in [0.1, 0.15) is 38.5 Å². The quantitative estimate of drug-likeness (QED) is 0.768. The fraction of sp³-hybridized carbons (Fsp3) is 0.500. The van der Waals surface area contributed by atoms with Crippen molar-refractivity contribution >= 4 is 11.0 Å². The van der Waals surface area contributed by atoms with Gasteiger partial charge in [-0.25, -0.2) is 0 Å². The first-order chi connectivity index (χ1) is 9.30. The van der Waals surface area contributed by atoms with E-state index in [2.05, 4.69) is 25.2 Å². The average Bonchev–Trinajstić information content (AvgIpc) is 2.76. The third kappa shape index (κ3) is 3.10. The lowest BCUT2D eigenvalue weighted by atomic mass is 10.1. The summed E-state index contributed by atoms with van der Waals surface area (Å²) in [6.45, 7) is 8.85. The molecule has 0 bridgehead atoms. The summed E-state index contributed by atoms with van der Waals surface area (Å²) in [4.78, 5) is 0. The number of rotatable bonds is 7. The van der Waals surface area contributed by atoms with Crippen LogP contribution in [0.4, 0.5) is 0 Å². The smallest absolute Gasteiger partial charge is 0.134 e. The largest absolute Gasteiger partial charge is 0.494 e. The van der Waals surface area contributed by atoms with Gasteiger partial charge in [-0.2, -0.15) is 0 Å². The summed E-state index contributed by atoms with van der Waals surface area (Å²) in [6, 6.07) is 6.06. The molecule has 3 heteroatoms. The Labute approximate surface area is 114 Å². The van der Waals surface area contributed by atoms with Gasteiger partial charge in [-0.15, -0.1) is 0 Å². The molecule has 0 saturated heterocycles. The van der Waals surface area contributed by atoms with Crippen molar-refractivity contribution in [3.8, 4) is 5.75 Å². The molecule has 0 saturated carbocycles. The van der Waals surface area contributed by atoms with Gasteiger partial charge < -0.3 is 14.5 Å². The molecule has 0 aliphatic carbocycles.